The molecule has 1 N–H and O–H groups in total. The summed E-state index contributed by atoms with van der Waals surface area (Å²) in [6.45, 7) is 2.32. The molecule has 0 amide bonds. The van der Waals surface area contributed by atoms with Gasteiger partial charge in [0.1, 0.15) is 11.9 Å². The number of nitrogens with one attached hydrogen (secondary N) is 1. The maximum Gasteiger partial charge on any atom is 0.131 e. The highest BCUT2D eigenvalue weighted by Crippen LogP contribution is 2.31. The van der Waals surface area contributed by atoms with Crippen molar-refractivity contribution in [3.05, 3.63) is 40.6 Å². The van der Waals surface area contributed by atoms with Crippen molar-refractivity contribution in [3.8, 4) is 0 Å². The molecule has 3 unspecified atom stereocenters. The van der Waals surface area contributed by atoms with Gasteiger partial charge in [0.25, 0.3) is 0 Å². The van der Waals surface area contributed by atoms with Gasteiger partial charge in [0.15, 0.2) is 0 Å². The van der Waals surface area contributed by atoms with Gasteiger partial charge < -0.3 is 4.57 Å². The van der Waals surface area contributed by atoms with E-state index in [0.29, 0.717) is 6.04 Å². The topological polar surface area (TPSA) is 29.9 Å². The molecule has 4 heteroatoms. The molecule has 3 atom stereocenters. The summed E-state index contributed by atoms with van der Waals surface area (Å²) in [5.74, 6) is 1.93. The summed E-state index contributed by atoms with van der Waals surface area (Å²) >= 11 is 1.82. The van der Waals surface area contributed by atoms with E-state index in [2.05, 4.69) is 46.4 Å². The van der Waals surface area contributed by atoms with Gasteiger partial charge in [-0.05, 0) is 30.2 Å². The van der Waals surface area contributed by atoms with Crippen molar-refractivity contribution < 1.29 is 0 Å². The lowest BCUT2D eigenvalue weighted by atomic mass is 9.82. The monoisotopic (exact) mass is 303 g/mol. The Morgan fingerprint density at radius 2 is 2.29 bits per heavy atom. The molecule has 2 heterocycles. The van der Waals surface area contributed by atoms with Crippen molar-refractivity contribution in [2.45, 2.75) is 51.1 Å². The first kappa shape index (κ1) is 14.8. The van der Waals surface area contributed by atoms with Crippen molar-refractivity contribution in [2.75, 3.05) is 0 Å². The molecule has 3 nitrogen and oxygen atoms in total. The Labute approximate surface area is 131 Å². The van der Waals surface area contributed by atoms with Gasteiger partial charge in [-0.3, -0.25) is 5.32 Å². The molecular formula is C17H25N3S. The number of aromatic nitrogens is 2. The first-order valence-electron chi connectivity index (χ1n) is 8.06. The van der Waals surface area contributed by atoms with E-state index in [1.807, 2.05) is 23.7 Å². The lowest BCUT2D eigenvalue weighted by Gasteiger charge is -2.34. The second-order valence-corrected chi connectivity index (χ2v) is 7.05. The number of rotatable bonds is 5. The van der Waals surface area contributed by atoms with Gasteiger partial charge in [0.2, 0.25) is 0 Å². The van der Waals surface area contributed by atoms with Gasteiger partial charge in [-0.1, -0.05) is 32.3 Å². The first-order valence-corrected chi connectivity index (χ1v) is 8.94. The molecule has 2 aromatic heterocycles. The third-order valence-corrected chi connectivity index (χ3v) is 5.70. The van der Waals surface area contributed by atoms with Crippen LogP contribution in [0.15, 0.2) is 29.9 Å². The molecule has 2 aromatic rings. The third-order valence-electron chi connectivity index (χ3n) is 4.76. The summed E-state index contributed by atoms with van der Waals surface area (Å²) in [7, 11) is 2.09. The van der Waals surface area contributed by atoms with E-state index in [-0.39, 0.29) is 6.04 Å². The zero-order chi connectivity index (χ0) is 14.7. The number of nitrogens with zero attached hydrogens (tertiary/aromatic N) is 2. The van der Waals surface area contributed by atoms with Crippen LogP contribution in [0, 0.1) is 5.92 Å². The van der Waals surface area contributed by atoms with Crippen molar-refractivity contribution in [3.63, 3.8) is 0 Å². The largest absolute Gasteiger partial charge is 0.336 e. The predicted octanol–water partition coefficient (Wildman–Crippen LogP) is 4.13. The zero-order valence-corrected chi connectivity index (χ0v) is 13.8. The molecule has 0 spiro atoms. The first-order chi connectivity index (χ1) is 10.3. The van der Waals surface area contributed by atoms with Crippen molar-refractivity contribution >= 4 is 11.3 Å². The summed E-state index contributed by atoms with van der Waals surface area (Å²) in [6.07, 6.45) is 10.6. The molecule has 21 heavy (non-hydrogen) atoms. The van der Waals surface area contributed by atoms with Gasteiger partial charge >= 0.3 is 0 Å². The minimum atomic E-state index is 0.224. The molecule has 1 saturated carbocycles. The third kappa shape index (κ3) is 3.22. The maximum absolute atomic E-state index is 4.60. The van der Waals surface area contributed by atoms with E-state index in [1.54, 1.807) is 0 Å². The fourth-order valence-corrected chi connectivity index (χ4v) is 4.31. The van der Waals surface area contributed by atoms with Gasteiger partial charge in [-0.2, -0.15) is 0 Å². The Morgan fingerprint density at radius 1 is 1.43 bits per heavy atom. The van der Waals surface area contributed by atoms with E-state index in [9.17, 15) is 0 Å². The second-order valence-electron chi connectivity index (χ2n) is 6.07. The molecule has 0 saturated heterocycles. The fourth-order valence-electron chi connectivity index (χ4n) is 3.52. The molecule has 0 radical (unpaired) electrons. The van der Waals surface area contributed by atoms with Crippen molar-refractivity contribution in [1.82, 2.24) is 14.9 Å². The summed E-state index contributed by atoms with van der Waals surface area (Å²) in [6, 6.07) is 5.20. The number of aryl methyl sites for hydroxylation is 1. The fraction of sp³-hybridized carbons (Fsp3) is 0.588. The Balaban J connectivity index is 1.84. The molecule has 1 aliphatic rings. The Hall–Kier alpha value is -1.13. The maximum atomic E-state index is 4.60. The van der Waals surface area contributed by atoms with Gasteiger partial charge in [-0.25, -0.2) is 4.98 Å². The Kier molecular flexibility index (Phi) is 4.76. The van der Waals surface area contributed by atoms with Crippen LogP contribution in [0.1, 0.15) is 55.8 Å². The van der Waals surface area contributed by atoms with Crippen molar-refractivity contribution in [1.29, 1.82) is 0 Å². The molecule has 0 aromatic carbocycles. The lowest BCUT2D eigenvalue weighted by molar-refractivity contribution is 0.242. The molecule has 114 valence electrons. The van der Waals surface area contributed by atoms with Crippen LogP contribution >= 0.6 is 11.3 Å². The van der Waals surface area contributed by atoms with Crippen LogP contribution in [0.25, 0.3) is 0 Å². The van der Waals surface area contributed by atoms with Crippen LogP contribution in [0.2, 0.25) is 0 Å². The minimum absolute atomic E-state index is 0.224. The normalized spacial score (nSPS) is 24.1. The average molecular weight is 303 g/mol. The Bertz CT molecular complexity index is 546. The zero-order valence-electron chi connectivity index (χ0n) is 13.0. The second kappa shape index (κ2) is 6.75. The smallest absolute Gasteiger partial charge is 0.131 e. The quantitative estimate of drug-likeness (QED) is 0.900. The number of hydrogen-bond donors (Lipinski definition) is 1. The number of hydrogen-bond acceptors (Lipinski definition) is 3. The van der Waals surface area contributed by atoms with Crippen LogP contribution < -0.4 is 5.32 Å². The van der Waals surface area contributed by atoms with Crippen LogP contribution in [-0.4, -0.2) is 15.6 Å². The predicted molar refractivity (Wildman–Crippen MR) is 88.5 cm³/mol. The lowest BCUT2D eigenvalue weighted by Crippen LogP contribution is -2.41. The van der Waals surface area contributed by atoms with Gasteiger partial charge in [0.05, 0.1) is 0 Å². The summed E-state index contributed by atoms with van der Waals surface area (Å²) in [5, 5.41) is 6.09. The van der Waals surface area contributed by atoms with Crippen LogP contribution in [-0.2, 0) is 7.05 Å². The molecule has 3 rings (SSSR count). The molecule has 0 aliphatic heterocycles. The summed E-state index contributed by atoms with van der Waals surface area (Å²) in [4.78, 5) is 5.96. The highest BCUT2D eigenvalue weighted by Gasteiger charge is 2.28. The number of imidazole rings is 1. The standard InChI is InChI=1S/C17H25N3S/c1-3-13-7-4-5-8-14(13)19-16(15-9-6-12-21-15)17-18-10-11-20(17)2/h6,9-14,16,19H,3-5,7-8H2,1-2H3. The molecule has 1 aliphatic carbocycles. The van der Waals surface area contributed by atoms with Crippen LogP contribution in [0.4, 0.5) is 0 Å². The average Bonchev–Trinajstić information content (AvgIpc) is 3.17. The number of thiophene rings is 1. The van der Waals surface area contributed by atoms with Gasteiger partial charge in [-0.15, -0.1) is 11.3 Å². The van der Waals surface area contributed by atoms with Gasteiger partial charge in [0, 0.05) is 30.4 Å². The summed E-state index contributed by atoms with van der Waals surface area (Å²) < 4.78 is 2.14. The highest BCUT2D eigenvalue weighted by molar-refractivity contribution is 7.10. The molecular weight excluding hydrogens is 278 g/mol. The molecule has 0 bridgehead atoms. The van der Waals surface area contributed by atoms with Crippen molar-refractivity contribution in [2.24, 2.45) is 13.0 Å². The van der Waals surface area contributed by atoms with Crippen LogP contribution in [0.5, 0.6) is 0 Å². The minimum Gasteiger partial charge on any atom is -0.336 e. The SMILES string of the molecule is CCC1CCCCC1NC(c1cccs1)c1nccn1C. The summed E-state index contributed by atoms with van der Waals surface area (Å²) in [5.41, 5.74) is 0. The highest BCUT2D eigenvalue weighted by atomic mass is 32.1. The Morgan fingerprint density at radius 3 is 2.95 bits per heavy atom. The molecule has 1 fully saturated rings. The van der Waals surface area contributed by atoms with E-state index < -0.39 is 0 Å². The van der Waals surface area contributed by atoms with E-state index >= 15 is 0 Å². The van der Waals surface area contributed by atoms with E-state index in [1.165, 1.54) is 37.0 Å². The van der Waals surface area contributed by atoms with Crippen LogP contribution in [0.3, 0.4) is 0 Å². The van der Waals surface area contributed by atoms with E-state index in [4.69, 9.17) is 0 Å². The van der Waals surface area contributed by atoms with E-state index in [0.717, 1.165) is 11.7 Å².